The molecule has 6 heteroatoms. The number of aliphatic hydroxyl groups is 1. The Balaban J connectivity index is 1.79. The van der Waals surface area contributed by atoms with Crippen LogP contribution in [0.4, 0.5) is 0 Å². The fourth-order valence-electron chi connectivity index (χ4n) is 3.75. The van der Waals surface area contributed by atoms with Crippen LogP contribution < -0.4 is 0 Å². The highest BCUT2D eigenvalue weighted by atomic mass is 16.5. The summed E-state index contributed by atoms with van der Waals surface area (Å²) < 4.78 is 5.15. The normalized spacial score (nSPS) is 17.7. The van der Waals surface area contributed by atoms with Gasteiger partial charge in [0.2, 0.25) is 5.91 Å². The molecule has 0 radical (unpaired) electrons. The van der Waals surface area contributed by atoms with E-state index in [0.29, 0.717) is 25.9 Å². The predicted molar refractivity (Wildman–Crippen MR) is 111 cm³/mol. The smallest absolute Gasteiger partial charge is 0.303 e. The molecule has 2 rings (SSSR count). The Kier molecular flexibility index (Phi) is 9.88. The number of carbonyl (C=O) groups is 2. The van der Waals surface area contributed by atoms with Gasteiger partial charge in [-0.05, 0) is 36.8 Å². The molecule has 160 valence electrons. The van der Waals surface area contributed by atoms with Crippen molar-refractivity contribution in [2.24, 2.45) is 0 Å². The maximum absolute atomic E-state index is 12.5. The van der Waals surface area contributed by atoms with E-state index in [1.807, 2.05) is 35.2 Å². The number of carboxylic acid groups (broad SMARTS) is 1. The molecule has 1 aromatic carbocycles. The Hall–Kier alpha value is -2.18. The number of aliphatic carboxylic acids is 1. The highest BCUT2D eigenvalue weighted by molar-refractivity contribution is 5.77. The molecule has 0 bridgehead atoms. The van der Waals surface area contributed by atoms with Gasteiger partial charge in [-0.25, -0.2) is 0 Å². The second-order valence-electron chi connectivity index (χ2n) is 7.66. The summed E-state index contributed by atoms with van der Waals surface area (Å²) in [4.78, 5) is 24.9. The van der Waals surface area contributed by atoms with E-state index in [9.17, 15) is 14.7 Å². The van der Waals surface area contributed by atoms with Gasteiger partial charge in [0, 0.05) is 32.9 Å². The van der Waals surface area contributed by atoms with Gasteiger partial charge in [-0.2, -0.15) is 0 Å². The molecule has 1 fully saturated rings. The van der Waals surface area contributed by atoms with E-state index >= 15 is 0 Å². The highest BCUT2D eigenvalue weighted by Gasteiger charge is 2.26. The van der Waals surface area contributed by atoms with Gasteiger partial charge in [0.15, 0.2) is 0 Å². The number of carbonyl (C=O) groups excluding carboxylic acids is 1. The first-order chi connectivity index (χ1) is 14.0. The van der Waals surface area contributed by atoms with E-state index in [1.54, 1.807) is 13.2 Å². The van der Waals surface area contributed by atoms with Gasteiger partial charge in [0.05, 0.1) is 18.8 Å². The zero-order valence-corrected chi connectivity index (χ0v) is 17.3. The van der Waals surface area contributed by atoms with Gasteiger partial charge >= 0.3 is 5.97 Å². The molecule has 0 aromatic heterocycles. The number of hydrogen-bond donors (Lipinski definition) is 2. The Labute approximate surface area is 173 Å². The Morgan fingerprint density at radius 3 is 2.76 bits per heavy atom. The molecule has 0 spiro atoms. The number of likely N-dealkylation sites (tertiary alicyclic amines) is 1. The van der Waals surface area contributed by atoms with E-state index in [2.05, 4.69) is 0 Å². The van der Waals surface area contributed by atoms with Crippen molar-refractivity contribution in [1.29, 1.82) is 0 Å². The summed E-state index contributed by atoms with van der Waals surface area (Å²) in [5, 5.41) is 19.0. The first kappa shape index (κ1) is 23.1. The van der Waals surface area contributed by atoms with Crippen molar-refractivity contribution in [3.63, 3.8) is 0 Å². The third-order valence-electron chi connectivity index (χ3n) is 5.20. The van der Waals surface area contributed by atoms with Crippen molar-refractivity contribution in [2.75, 3.05) is 13.7 Å². The number of rotatable bonds is 12. The van der Waals surface area contributed by atoms with Crippen molar-refractivity contribution < 1.29 is 24.5 Å². The Morgan fingerprint density at radius 1 is 1.24 bits per heavy atom. The molecule has 0 unspecified atom stereocenters. The van der Waals surface area contributed by atoms with E-state index < -0.39 is 12.1 Å². The summed E-state index contributed by atoms with van der Waals surface area (Å²) in [6.07, 6.45) is 8.28. The van der Waals surface area contributed by atoms with E-state index in [0.717, 1.165) is 43.4 Å². The summed E-state index contributed by atoms with van der Waals surface area (Å²) in [7, 11) is 1.66. The molecular formula is C23H33NO5. The average molecular weight is 404 g/mol. The number of carboxylic acids is 1. The minimum absolute atomic E-state index is 0.0380. The Bertz CT molecular complexity index is 688. The van der Waals surface area contributed by atoms with Crippen molar-refractivity contribution in [3.05, 3.63) is 47.5 Å². The summed E-state index contributed by atoms with van der Waals surface area (Å²) in [5.74, 6) is -0.667. The largest absolute Gasteiger partial charge is 0.481 e. The highest BCUT2D eigenvalue weighted by Crippen LogP contribution is 2.21. The zero-order valence-electron chi connectivity index (χ0n) is 17.3. The van der Waals surface area contributed by atoms with Crippen LogP contribution in [0.5, 0.6) is 0 Å². The van der Waals surface area contributed by atoms with Gasteiger partial charge < -0.3 is 19.8 Å². The van der Waals surface area contributed by atoms with E-state index in [4.69, 9.17) is 9.84 Å². The van der Waals surface area contributed by atoms with Crippen molar-refractivity contribution >= 4 is 11.9 Å². The average Bonchev–Trinajstić information content (AvgIpc) is 3.15. The molecule has 0 saturated carbocycles. The van der Waals surface area contributed by atoms with Crippen LogP contribution in [0.1, 0.15) is 56.1 Å². The number of nitrogens with zero attached hydrogens (tertiary/aromatic N) is 1. The molecule has 1 heterocycles. The van der Waals surface area contributed by atoms with Gasteiger partial charge in [-0.3, -0.25) is 9.59 Å². The monoisotopic (exact) mass is 403 g/mol. The van der Waals surface area contributed by atoms with Crippen LogP contribution in [0, 0.1) is 0 Å². The van der Waals surface area contributed by atoms with Gasteiger partial charge in [-0.15, -0.1) is 0 Å². The second kappa shape index (κ2) is 12.4. The lowest BCUT2D eigenvalue weighted by Gasteiger charge is -2.22. The number of ether oxygens (including phenoxy) is 1. The second-order valence-corrected chi connectivity index (χ2v) is 7.66. The van der Waals surface area contributed by atoms with Crippen LogP contribution in [-0.4, -0.2) is 52.8 Å². The molecule has 6 nitrogen and oxygen atoms in total. The lowest BCUT2D eigenvalue weighted by molar-refractivity contribution is -0.137. The van der Waals surface area contributed by atoms with Crippen LogP contribution in [0.15, 0.2) is 36.4 Å². The number of aliphatic hydroxyl groups excluding tert-OH is 1. The molecule has 1 aliphatic heterocycles. The summed E-state index contributed by atoms with van der Waals surface area (Å²) in [6, 6.07) is 8.03. The van der Waals surface area contributed by atoms with Crippen LogP contribution in [0.2, 0.25) is 0 Å². The lowest BCUT2D eigenvalue weighted by atomic mass is 10.0. The van der Waals surface area contributed by atoms with Crippen LogP contribution >= 0.6 is 0 Å². The quantitative estimate of drug-likeness (QED) is 0.413. The number of amides is 1. The van der Waals surface area contributed by atoms with Crippen molar-refractivity contribution in [2.45, 2.75) is 70.1 Å². The SMILES string of the molecule is COCc1cccc(C[C@H](O)/C=C/[C@@H]2CCCN2C(=O)CCCCCC(=O)O)c1. The number of methoxy groups -OCH3 is 1. The lowest BCUT2D eigenvalue weighted by Crippen LogP contribution is -2.34. The van der Waals surface area contributed by atoms with Gasteiger partial charge in [-0.1, -0.05) is 42.8 Å². The molecule has 1 saturated heterocycles. The fourth-order valence-corrected chi connectivity index (χ4v) is 3.75. The maximum atomic E-state index is 12.5. The maximum Gasteiger partial charge on any atom is 0.303 e. The minimum atomic E-state index is -0.787. The third-order valence-corrected chi connectivity index (χ3v) is 5.20. The first-order valence-corrected chi connectivity index (χ1v) is 10.4. The minimum Gasteiger partial charge on any atom is -0.481 e. The van der Waals surface area contributed by atoms with Gasteiger partial charge in [0.1, 0.15) is 0 Å². The topological polar surface area (TPSA) is 87.1 Å². The summed E-state index contributed by atoms with van der Waals surface area (Å²) in [6.45, 7) is 1.30. The van der Waals surface area contributed by atoms with Crippen LogP contribution in [0.3, 0.4) is 0 Å². The van der Waals surface area contributed by atoms with Crippen LogP contribution in [0.25, 0.3) is 0 Å². The number of unbranched alkanes of at least 4 members (excludes halogenated alkanes) is 2. The van der Waals surface area contributed by atoms with Crippen molar-refractivity contribution in [3.8, 4) is 0 Å². The molecule has 1 amide bonds. The molecule has 29 heavy (non-hydrogen) atoms. The van der Waals surface area contributed by atoms with Crippen LogP contribution in [-0.2, 0) is 27.4 Å². The standard InChI is InChI=1S/C23H33NO5/c1-29-17-19-8-5-7-18(15-19)16-21(25)13-12-20-9-6-14-24(20)22(26)10-3-2-4-11-23(27)28/h5,7-8,12-13,15,20-21,25H,2-4,6,9-11,14,16-17H2,1H3,(H,27,28)/b13-12+/t20-,21+/m0/s1. The molecule has 2 N–H and O–H groups in total. The molecule has 1 aromatic rings. The predicted octanol–water partition coefficient (Wildman–Crippen LogP) is 3.32. The first-order valence-electron chi connectivity index (χ1n) is 10.4. The fraction of sp³-hybridized carbons (Fsp3) is 0.565. The molecular weight excluding hydrogens is 370 g/mol. The van der Waals surface area contributed by atoms with Gasteiger partial charge in [0.25, 0.3) is 0 Å². The summed E-state index contributed by atoms with van der Waals surface area (Å²) in [5.41, 5.74) is 2.13. The molecule has 0 aliphatic carbocycles. The molecule has 1 aliphatic rings. The molecule has 2 atom stereocenters. The zero-order chi connectivity index (χ0) is 21.1. The number of benzene rings is 1. The number of hydrogen-bond acceptors (Lipinski definition) is 4. The van der Waals surface area contributed by atoms with Crippen molar-refractivity contribution in [1.82, 2.24) is 4.90 Å². The van der Waals surface area contributed by atoms with E-state index in [1.165, 1.54) is 0 Å². The summed E-state index contributed by atoms with van der Waals surface area (Å²) >= 11 is 0. The Morgan fingerprint density at radius 2 is 2.00 bits per heavy atom. The van der Waals surface area contributed by atoms with E-state index in [-0.39, 0.29) is 18.4 Å². The third kappa shape index (κ3) is 8.38.